The molecule has 1 aromatic rings. The summed E-state index contributed by atoms with van der Waals surface area (Å²) in [5.74, 6) is 1.67. The molecule has 110 valence electrons. The first-order valence-corrected chi connectivity index (χ1v) is 9.99. The number of hydrogen-bond donors (Lipinski definition) is 0. The summed E-state index contributed by atoms with van der Waals surface area (Å²) in [5, 5.41) is 0.112. The smallest absolute Gasteiger partial charge is 0.250 e. The number of benzene rings is 1. The Hall–Kier alpha value is -1.29. The van der Waals surface area contributed by atoms with E-state index in [4.69, 9.17) is 9.16 Å². The van der Waals surface area contributed by atoms with Gasteiger partial charge in [0.1, 0.15) is 5.75 Å². The molecule has 3 nitrogen and oxygen atoms in total. The van der Waals surface area contributed by atoms with E-state index in [0.29, 0.717) is 12.2 Å². The molecule has 0 unspecified atom stereocenters. The second kappa shape index (κ2) is 4.92. The van der Waals surface area contributed by atoms with Gasteiger partial charge in [-0.2, -0.15) is 0 Å². The summed E-state index contributed by atoms with van der Waals surface area (Å²) in [7, 11) is -0.290. The Morgan fingerprint density at radius 1 is 1.10 bits per heavy atom. The van der Waals surface area contributed by atoms with Crippen molar-refractivity contribution >= 4 is 14.1 Å². The van der Waals surface area contributed by atoms with Crippen LogP contribution in [0.5, 0.6) is 11.5 Å². The molecule has 2 rings (SSSR count). The van der Waals surface area contributed by atoms with Gasteiger partial charge >= 0.3 is 0 Å². The van der Waals surface area contributed by atoms with Crippen LogP contribution in [0.4, 0.5) is 0 Å². The van der Waals surface area contributed by atoms with Crippen molar-refractivity contribution in [2.75, 3.05) is 7.11 Å². The second-order valence-electron chi connectivity index (χ2n) is 6.95. The fraction of sp³-hybridized carbons (Fsp3) is 0.562. The highest BCUT2D eigenvalue weighted by Gasteiger charge is 2.40. The summed E-state index contributed by atoms with van der Waals surface area (Å²) in [6, 6.07) is 3.84. The zero-order chi connectivity index (χ0) is 15.1. The molecule has 0 amide bonds. The van der Waals surface area contributed by atoms with Crippen LogP contribution >= 0.6 is 0 Å². The third-order valence-electron chi connectivity index (χ3n) is 4.48. The van der Waals surface area contributed by atoms with Gasteiger partial charge in [-0.05, 0) is 42.2 Å². The predicted molar refractivity (Wildman–Crippen MR) is 83.5 cm³/mol. The van der Waals surface area contributed by atoms with E-state index in [2.05, 4.69) is 33.9 Å². The monoisotopic (exact) mass is 292 g/mol. The summed E-state index contributed by atoms with van der Waals surface area (Å²) < 4.78 is 11.8. The molecule has 1 aliphatic rings. The number of fused-ring (bicyclic) bond motifs is 1. The Kier molecular flexibility index (Phi) is 3.71. The zero-order valence-electron chi connectivity index (χ0n) is 13.3. The average Bonchev–Trinajstić information content (AvgIpc) is 2.68. The minimum atomic E-state index is -1.94. The number of rotatable bonds is 3. The summed E-state index contributed by atoms with van der Waals surface area (Å²) >= 11 is 0. The van der Waals surface area contributed by atoms with Gasteiger partial charge in [-0.25, -0.2) is 0 Å². The molecule has 1 aliphatic carbocycles. The molecule has 1 aromatic carbocycles. The number of Topliss-reactive ketones (excluding diaryl/α,β-unsaturated/α-hetero) is 1. The number of hydrogen-bond acceptors (Lipinski definition) is 3. The third-order valence-corrected chi connectivity index (χ3v) is 8.83. The number of aryl methyl sites for hydroxylation is 1. The van der Waals surface area contributed by atoms with E-state index in [9.17, 15) is 4.79 Å². The first kappa shape index (κ1) is 15.1. The molecule has 0 atom stereocenters. The first-order valence-electron chi connectivity index (χ1n) is 7.09. The maximum absolute atomic E-state index is 11.9. The van der Waals surface area contributed by atoms with Crippen molar-refractivity contribution in [1.82, 2.24) is 0 Å². The predicted octanol–water partition coefficient (Wildman–Crippen LogP) is 4.21. The fourth-order valence-electron chi connectivity index (χ4n) is 2.12. The van der Waals surface area contributed by atoms with Crippen molar-refractivity contribution in [3.05, 3.63) is 23.3 Å². The minimum absolute atomic E-state index is 0.112. The maximum Gasteiger partial charge on any atom is 0.250 e. The molecule has 0 N–H and O–H groups in total. The summed E-state index contributed by atoms with van der Waals surface area (Å²) in [5.41, 5.74) is 1.88. The van der Waals surface area contributed by atoms with E-state index in [1.807, 2.05) is 12.1 Å². The highest BCUT2D eigenvalue weighted by molar-refractivity contribution is 6.74. The van der Waals surface area contributed by atoms with Crippen LogP contribution in [0.15, 0.2) is 12.1 Å². The molecule has 0 fully saturated rings. The fourth-order valence-corrected chi connectivity index (χ4v) is 3.13. The number of carbonyl (C=O) groups is 1. The molecule has 0 spiro atoms. The molecule has 0 saturated carbocycles. The standard InChI is InChI=1S/C16H24O3Si/c1-16(2,3)20(5,6)19-15-10-12-11(7-8-13(12)17)9-14(15)18-4/h9-10H,7-8H2,1-6H3. The van der Waals surface area contributed by atoms with Crippen molar-refractivity contribution in [3.63, 3.8) is 0 Å². The summed E-state index contributed by atoms with van der Waals surface area (Å²) in [6.45, 7) is 11.0. The minimum Gasteiger partial charge on any atom is -0.541 e. The van der Waals surface area contributed by atoms with Crippen molar-refractivity contribution in [2.45, 2.75) is 51.7 Å². The molecule has 0 radical (unpaired) electrons. The Labute approximate surface area is 122 Å². The van der Waals surface area contributed by atoms with Gasteiger partial charge < -0.3 is 9.16 Å². The molecule has 0 heterocycles. The Morgan fingerprint density at radius 2 is 1.75 bits per heavy atom. The Balaban J connectivity index is 2.42. The molecule has 4 heteroatoms. The van der Waals surface area contributed by atoms with Gasteiger partial charge in [0.2, 0.25) is 0 Å². The highest BCUT2D eigenvalue weighted by Crippen LogP contribution is 2.41. The third kappa shape index (κ3) is 2.61. The van der Waals surface area contributed by atoms with Crippen LogP contribution in [0.1, 0.15) is 43.1 Å². The van der Waals surface area contributed by atoms with Gasteiger partial charge in [-0.15, -0.1) is 0 Å². The van der Waals surface area contributed by atoms with Gasteiger partial charge in [-0.1, -0.05) is 20.8 Å². The lowest BCUT2D eigenvalue weighted by Gasteiger charge is -2.36. The molecule has 0 saturated heterocycles. The lowest BCUT2D eigenvalue weighted by molar-refractivity contribution is 0.0994. The summed E-state index contributed by atoms with van der Waals surface area (Å²) in [4.78, 5) is 11.9. The maximum atomic E-state index is 11.9. The van der Waals surface area contributed by atoms with Gasteiger partial charge in [0, 0.05) is 12.0 Å². The van der Waals surface area contributed by atoms with E-state index >= 15 is 0 Å². The van der Waals surface area contributed by atoms with Crippen LogP contribution < -0.4 is 9.16 Å². The van der Waals surface area contributed by atoms with Crippen LogP contribution in [0.25, 0.3) is 0 Å². The summed E-state index contributed by atoms with van der Waals surface area (Å²) in [6.07, 6.45) is 1.41. The largest absolute Gasteiger partial charge is 0.541 e. The molecular weight excluding hydrogens is 268 g/mol. The Bertz CT molecular complexity index is 541. The van der Waals surface area contributed by atoms with Crippen LogP contribution in [0, 0.1) is 0 Å². The van der Waals surface area contributed by atoms with Gasteiger partial charge in [0.05, 0.1) is 7.11 Å². The number of methoxy groups -OCH3 is 1. The second-order valence-corrected chi connectivity index (χ2v) is 11.7. The zero-order valence-corrected chi connectivity index (χ0v) is 14.3. The molecule has 0 aliphatic heterocycles. The molecule has 0 aromatic heterocycles. The first-order chi connectivity index (χ1) is 9.15. The van der Waals surface area contributed by atoms with Gasteiger partial charge in [0.15, 0.2) is 11.5 Å². The van der Waals surface area contributed by atoms with Crippen molar-refractivity contribution in [3.8, 4) is 11.5 Å². The molecule has 0 bridgehead atoms. The van der Waals surface area contributed by atoms with Crippen molar-refractivity contribution in [1.29, 1.82) is 0 Å². The van der Waals surface area contributed by atoms with Crippen LogP contribution in [0.3, 0.4) is 0 Å². The molecule has 20 heavy (non-hydrogen) atoms. The van der Waals surface area contributed by atoms with E-state index < -0.39 is 8.32 Å². The number of carbonyl (C=O) groups excluding carboxylic acids is 1. The topological polar surface area (TPSA) is 35.5 Å². The van der Waals surface area contributed by atoms with E-state index in [1.54, 1.807) is 7.11 Å². The van der Waals surface area contributed by atoms with Crippen LogP contribution in [0.2, 0.25) is 18.1 Å². The van der Waals surface area contributed by atoms with E-state index in [-0.39, 0.29) is 10.8 Å². The van der Waals surface area contributed by atoms with Crippen LogP contribution in [-0.2, 0) is 6.42 Å². The van der Waals surface area contributed by atoms with Crippen molar-refractivity contribution in [2.24, 2.45) is 0 Å². The van der Waals surface area contributed by atoms with E-state index in [1.165, 1.54) is 0 Å². The van der Waals surface area contributed by atoms with Gasteiger partial charge in [-0.3, -0.25) is 4.79 Å². The average molecular weight is 292 g/mol. The van der Waals surface area contributed by atoms with Gasteiger partial charge in [0.25, 0.3) is 8.32 Å². The quantitative estimate of drug-likeness (QED) is 0.783. The highest BCUT2D eigenvalue weighted by atomic mass is 28.4. The normalized spacial score (nSPS) is 15.2. The number of ketones is 1. The van der Waals surface area contributed by atoms with Crippen molar-refractivity contribution < 1.29 is 14.0 Å². The van der Waals surface area contributed by atoms with Crippen LogP contribution in [-0.4, -0.2) is 21.2 Å². The van der Waals surface area contributed by atoms with E-state index in [0.717, 1.165) is 23.3 Å². The molecular formula is C16H24O3Si. The lowest BCUT2D eigenvalue weighted by atomic mass is 10.1. The lowest BCUT2D eigenvalue weighted by Crippen LogP contribution is -2.44. The Morgan fingerprint density at radius 3 is 2.30 bits per heavy atom. The number of ether oxygens (including phenoxy) is 1. The SMILES string of the molecule is COc1cc2c(cc1O[Si](C)(C)C(C)(C)C)C(=O)CC2.